The minimum Gasteiger partial charge on any atom is -0.392 e. The van der Waals surface area contributed by atoms with Crippen molar-refractivity contribution in [2.24, 2.45) is 0 Å². The lowest BCUT2D eigenvalue weighted by Gasteiger charge is -2.18. The molecule has 1 fully saturated rings. The van der Waals surface area contributed by atoms with Crippen molar-refractivity contribution >= 4 is 21.7 Å². The number of hydrogen-bond donors (Lipinski definition) is 1. The average molecular weight is 257 g/mol. The molecule has 1 N–H and O–H groups in total. The van der Waals surface area contributed by atoms with Crippen LogP contribution in [0.5, 0.6) is 0 Å². The Morgan fingerprint density at radius 3 is 2.86 bits per heavy atom. The lowest BCUT2D eigenvalue weighted by atomic mass is 10.3. The number of halogens is 1. The molecule has 4 heteroatoms. The molecule has 1 aromatic heterocycles. The molecule has 0 bridgehead atoms. The molecular weight excluding hydrogens is 244 g/mol. The second-order valence-corrected chi connectivity index (χ2v) is 4.50. The molecule has 2 rings (SSSR count). The minimum atomic E-state index is 0.0407. The van der Waals surface area contributed by atoms with Crippen LogP contribution in [0.25, 0.3) is 0 Å². The van der Waals surface area contributed by atoms with Crippen molar-refractivity contribution in [3.05, 3.63) is 22.3 Å². The molecule has 1 heterocycles. The zero-order valence-electron chi connectivity index (χ0n) is 8.07. The summed E-state index contributed by atoms with van der Waals surface area (Å²) in [5, 5.41) is 8.94. The summed E-state index contributed by atoms with van der Waals surface area (Å²) in [4.78, 5) is 6.52. The summed E-state index contributed by atoms with van der Waals surface area (Å²) in [6.45, 7) is 0.0407. The molecule has 0 amide bonds. The highest BCUT2D eigenvalue weighted by Crippen LogP contribution is 2.33. The van der Waals surface area contributed by atoms with E-state index in [1.165, 1.54) is 12.8 Å². The number of hydrogen-bond acceptors (Lipinski definition) is 3. The fourth-order valence-corrected chi connectivity index (χ4v) is 2.13. The highest BCUT2D eigenvalue weighted by molar-refractivity contribution is 9.10. The Morgan fingerprint density at radius 1 is 1.64 bits per heavy atom. The van der Waals surface area contributed by atoms with Gasteiger partial charge >= 0.3 is 0 Å². The van der Waals surface area contributed by atoms with Crippen LogP contribution in [0.2, 0.25) is 0 Å². The van der Waals surface area contributed by atoms with Crippen LogP contribution in [-0.4, -0.2) is 23.2 Å². The Labute approximate surface area is 91.9 Å². The molecule has 1 aliphatic rings. The van der Waals surface area contributed by atoms with Crippen molar-refractivity contribution in [1.29, 1.82) is 0 Å². The van der Waals surface area contributed by atoms with Crippen molar-refractivity contribution in [1.82, 2.24) is 4.98 Å². The number of aliphatic hydroxyl groups is 1. The first-order chi connectivity index (χ1) is 6.72. The van der Waals surface area contributed by atoms with Gasteiger partial charge in [-0.15, -0.1) is 0 Å². The molecule has 1 aliphatic carbocycles. The van der Waals surface area contributed by atoms with E-state index >= 15 is 0 Å². The van der Waals surface area contributed by atoms with E-state index in [0.29, 0.717) is 6.04 Å². The number of aliphatic hydroxyl groups excluding tert-OH is 1. The number of aromatic nitrogens is 1. The number of nitrogens with zero attached hydrogens (tertiary/aromatic N) is 2. The van der Waals surface area contributed by atoms with E-state index in [0.717, 1.165) is 15.9 Å². The Morgan fingerprint density at radius 2 is 2.36 bits per heavy atom. The minimum absolute atomic E-state index is 0.0407. The molecule has 0 radical (unpaired) electrons. The summed E-state index contributed by atoms with van der Waals surface area (Å²) < 4.78 is 0.957. The average Bonchev–Trinajstić information content (AvgIpc) is 3.00. The van der Waals surface area contributed by atoms with Gasteiger partial charge in [-0.2, -0.15) is 0 Å². The summed E-state index contributed by atoms with van der Waals surface area (Å²) in [5.74, 6) is 0.963. The first kappa shape index (κ1) is 9.93. The van der Waals surface area contributed by atoms with E-state index in [1.807, 2.05) is 6.07 Å². The lowest BCUT2D eigenvalue weighted by molar-refractivity contribution is 0.281. The quantitative estimate of drug-likeness (QED) is 0.898. The fraction of sp³-hybridized carbons (Fsp3) is 0.500. The van der Waals surface area contributed by atoms with Gasteiger partial charge in [0.15, 0.2) is 0 Å². The van der Waals surface area contributed by atoms with Gasteiger partial charge in [-0.25, -0.2) is 4.98 Å². The number of pyridine rings is 1. The van der Waals surface area contributed by atoms with Crippen LogP contribution in [0.15, 0.2) is 16.7 Å². The van der Waals surface area contributed by atoms with Crippen molar-refractivity contribution in [2.75, 3.05) is 11.9 Å². The summed E-state index contributed by atoms with van der Waals surface area (Å²) >= 11 is 3.47. The molecule has 1 aromatic rings. The van der Waals surface area contributed by atoms with Crippen molar-refractivity contribution < 1.29 is 5.11 Å². The standard InChI is InChI=1S/C10H13BrN2O/c1-13(8-2-3-8)10-9(11)4-7(6-14)5-12-10/h4-5,8,14H,2-3,6H2,1H3. The summed E-state index contributed by atoms with van der Waals surface area (Å²) in [6, 6.07) is 2.57. The predicted molar refractivity (Wildman–Crippen MR) is 59.3 cm³/mol. The van der Waals surface area contributed by atoms with Gasteiger partial charge in [0.1, 0.15) is 5.82 Å². The third-order valence-corrected chi connectivity index (χ3v) is 3.07. The summed E-state index contributed by atoms with van der Waals surface area (Å²) in [7, 11) is 2.06. The van der Waals surface area contributed by atoms with E-state index in [-0.39, 0.29) is 6.61 Å². The van der Waals surface area contributed by atoms with Crippen LogP contribution < -0.4 is 4.90 Å². The Balaban J connectivity index is 2.24. The highest BCUT2D eigenvalue weighted by atomic mass is 79.9. The maximum atomic E-state index is 8.94. The molecular formula is C10H13BrN2O. The summed E-state index contributed by atoms with van der Waals surface area (Å²) in [5.41, 5.74) is 0.838. The zero-order chi connectivity index (χ0) is 10.1. The van der Waals surface area contributed by atoms with E-state index in [4.69, 9.17) is 5.11 Å². The van der Waals surface area contributed by atoms with Crippen LogP contribution >= 0.6 is 15.9 Å². The van der Waals surface area contributed by atoms with Crippen LogP contribution in [0.4, 0.5) is 5.82 Å². The topological polar surface area (TPSA) is 36.4 Å². The molecule has 0 atom stereocenters. The molecule has 76 valence electrons. The predicted octanol–water partition coefficient (Wildman–Crippen LogP) is 1.93. The van der Waals surface area contributed by atoms with Gasteiger partial charge in [-0.05, 0) is 40.4 Å². The van der Waals surface area contributed by atoms with Gasteiger partial charge < -0.3 is 10.0 Å². The number of rotatable bonds is 3. The Kier molecular flexibility index (Phi) is 2.74. The lowest BCUT2D eigenvalue weighted by Crippen LogP contribution is -2.21. The van der Waals surface area contributed by atoms with E-state index < -0.39 is 0 Å². The van der Waals surface area contributed by atoms with Crippen LogP contribution in [0.3, 0.4) is 0 Å². The normalized spacial score (nSPS) is 15.6. The zero-order valence-corrected chi connectivity index (χ0v) is 9.66. The smallest absolute Gasteiger partial charge is 0.142 e. The van der Waals surface area contributed by atoms with Gasteiger partial charge in [-0.3, -0.25) is 0 Å². The molecule has 1 saturated carbocycles. The highest BCUT2D eigenvalue weighted by Gasteiger charge is 2.28. The maximum Gasteiger partial charge on any atom is 0.142 e. The molecule has 0 spiro atoms. The molecule has 0 saturated heterocycles. The monoisotopic (exact) mass is 256 g/mol. The van der Waals surface area contributed by atoms with Crippen molar-refractivity contribution in [3.63, 3.8) is 0 Å². The molecule has 0 aliphatic heterocycles. The SMILES string of the molecule is CN(c1ncc(CO)cc1Br)C1CC1. The third-order valence-electron chi connectivity index (χ3n) is 2.49. The Bertz CT molecular complexity index is 339. The van der Waals surface area contributed by atoms with Crippen LogP contribution in [-0.2, 0) is 6.61 Å². The molecule has 14 heavy (non-hydrogen) atoms. The maximum absolute atomic E-state index is 8.94. The third kappa shape index (κ3) is 1.91. The summed E-state index contributed by atoms with van der Waals surface area (Å²) in [6.07, 6.45) is 4.23. The van der Waals surface area contributed by atoms with Crippen LogP contribution in [0, 0.1) is 0 Å². The number of anilines is 1. The molecule has 0 aromatic carbocycles. The molecule has 0 unspecified atom stereocenters. The van der Waals surface area contributed by atoms with Gasteiger partial charge in [-0.1, -0.05) is 0 Å². The van der Waals surface area contributed by atoms with E-state index in [2.05, 4.69) is 32.9 Å². The fourth-order valence-electron chi connectivity index (χ4n) is 1.45. The van der Waals surface area contributed by atoms with Crippen LogP contribution in [0.1, 0.15) is 18.4 Å². The first-order valence-corrected chi connectivity index (χ1v) is 5.50. The second-order valence-electron chi connectivity index (χ2n) is 3.65. The van der Waals surface area contributed by atoms with E-state index in [9.17, 15) is 0 Å². The van der Waals surface area contributed by atoms with E-state index in [1.54, 1.807) is 6.20 Å². The van der Waals surface area contributed by atoms with Crippen molar-refractivity contribution in [3.8, 4) is 0 Å². The van der Waals surface area contributed by atoms with Gasteiger partial charge in [0, 0.05) is 19.3 Å². The second kappa shape index (κ2) is 3.87. The van der Waals surface area contributed by atoms with Gasteiger partial charge in [0.25, 0.3) is 0 Å². The van der Waals surface area contributed by atoms with Gasteiger partial charge in [0.05, 0.1) is 11.1 Å². The Hall–Kier alpha value is -0.610. The molecule has 3 nitrogen and oxygen atoms in total. The van der Waals surface area contributed by atoms with Crippen molar-refractivity contribution in [2.45, 2.75) is 25.5 Å². The first-order valence-electron chi connectivity index (χ1n) is 4.70. The largest absolute Gasteiger partial charge is 0.392 e. The van der Waals surface area contributed by atoms with Gasteiger partial charge in [0.2, 0.25) is 0 Å².